The number of nitrogens with one attached hydrogen (secondary N) is 1. The van der Waals surface area contributed by atoms with Crippen LogP contribution in [0.1, 0.15) is 46.0 Å². The quantitative estimate of drug-likeness (QED) is 0.829. The highest BCUT2D eigenvalue weighted by Crippen LogP contribution is 2.29. The Morgan fingerprint density at radius 3 is 2.50 bits per heavy atom. The summed E-state index contributed by atoms with van der Waals surface area (Å²) in [5, 5.41) is 3.70. The fourth-order valence-electron chi connectivity index (χ4n) is 2.91. The maximum atomic E-state index is 5.47. The predicted octanol–water partition coefficient (Wildman–Crippen LogP) is 4.47. The third kappa shape index (κ3) is 3.41. The molecule has 0 saturated heterocycles. The van der Waals surface area contributed by atoms with E-state index in [-0.39, 0.29) is 0 Å². The van der Waals surface area contributed by atoms with Gasteiger partial charge in [0, 0.05) is 11.7 Å². The zero-order valence-electron chi connectivity index (χ0n) is 11.6. The van der Waals surface area contributed by atoms with Crippen LogP contribution in [0.2, 0.25) is 0 Å². The number of rotatable bonds is 5. The van der Waals surface area contributed by atoms with Crippen molar-refractivity contribution >= 4 is 5.69 Å². The minimum atomic E-state index is 0.654. The van der Waals surface area contributed by atoms with Gasteiger partial charge < -0.3 is 10.1 Å². The number of hydrogen-bond donors (Lipinski definition) is 1. The molecule has 0 amide bonds. The van der Waals surface area contributed by atoms with E-state index in [4.69, 9.17) is 4.74 Å². The summed E-state index contributed by atoms with van der Waals surface area (Å²) in [6.07, 6.45) is 6.75. The fourth-order valence-corrected chi connectivity index (χ4v) is 2.91. The Bertz CT molecular complexity index is 347. The predicted molar refractivity (Wildman–Crippen MR) is 77.3 cm³/mol. The molecular weight excluding hydrogens is 222 g/mol. The SMILES string of the molecule is CCOc1ccc(NC2CCCCC2CC)cc1. The maximum Gasteiger partial charge on any atom is 0.119 e. The lowest BCUT2D eigenvalue weighted by atomic mass is 9.83. The molecule has 1 N–H and O–H groups in total. The van der Waals surface area contributed by atoms with E-state index in [1.165, 1.54) is 37.8 Å². The van der Waals surface area contributed by atoms with E-state index in [2.05, 4.69) is 36.5 Å². The first kappa shape index (κ1) is 13.3. The topological polar surface area (TPSA) is 21.3 Å². The standard InChI is InChI=1S/C16H25NO/c1-3-13-7-5-6-8-16(13)17-14-9-11-15(12-10-14)18-4-2/h9-13,16-17H,3-8H2,1-2H3. The smallest absolute Gasteiger partial charge is 0.119 e. The van der Waals surface area contributed by atoms with E-state index in [1.54, 1.807) is 0 Å². The highest BCUT2D eigenvalue weighted by molar-refractivity contribution is 5.47. The molecule has 1 aromatic rings. The molecule has 0 bridgehead atoms. The number of benzene rings is 1. The van der Waals surface area contributed by atoms with Crippen LogP contribution in [0.3, 0.4) is 0 Å². The van der Waals surface area contributed by atoms with E-state index in [9.17, 15) is 0 Å². The molecule has 0 spiro atoms. The Morgan fingerprint density at radius 1 is 1.11 bits per heavy atom. The van der Waals surface area contributed by atoms with Gasteiger partial charge in [-0.3, -0.25) is 0 Å². The fraction of sp³-hybridized carbons (Fsp3) is 0.625. The first-order chi connectivity index (χ1) is 8.83. The highest BCUT2D eigenvalue weighted by Gasteiger charge is 2.23. The van der Waals surface area contributed by atoms with Gasteiger partial charge in [0.25, 0.3) is 0 Å². The van der Waals surface area contributed by atoms with E-state index in [0.717, 1.165) is 18.3 Å². The van der Waals surface area contributed by atoms with Gasteiger partial charge in [0.05, 0.1) is 6.61 Å². The molecule has 1 aromatic carbocycles. The van der Waals surface area contributed by atoms with Crippen LogP contribution in [0.25, 0.3) is 0 Å². The van der Waals surface area contributed by atoms with E-state index >= 15 is 0 Å². The van der Waals surface area contributed by atoms with Crippen LogP contribution in [0.5, 0.6) is 5.75 Å². The highest BCUT2D eigenvalue weighted by atomic mass is 16.5. The number of hydrogen-bond acceptors (Lipinski definition) is 2. The molecule has 2 nitrogen and oxygen atoms in total. The number of ether oxygens (including phenoxy) is 1. The molecular formula is C16H25NO. The monoisotopic (exact) mass is 247 g/mol. The Hall–Kier alpha value is -1.18. The summed E-state index contributed by atoms with van der Waals surface area (Å²) in [6.45, 7) is 5.05. The van der Waals surface area contributed by atoms with E-state index in [1.807, 2.05) is 6.92 Å². The van der Waals surface area contributed by atoms with Crippen LogP contribution in [-0.2, 0) is 0 Å². The van der Waals surface area contributed by atoms with Crippen LogP contribution in [0.4, 0.5) is 5.69 Å². The van der Waals surface area contributed by atoms with Crippen molar-refractivity contribution in [3.8, 4) is 5.75 Å². The second-order valence-electron chi connectivity index (χ2n) is 5.16. The molecule has 0 radical (unpaired) electrons. The third-order valence-electron chi connectivity index (χ3n) is 3.95. The Balaban J connectivity index is 1.95. The molecule has 2 atom stereocenters. The summed E-state index contributed by atoms with van der Waals surface area (Å²) in [5.74, 6) is 1.80. The van der Waals surface area contributed by atoms with Gasteiger partial charge in [-0.15, -0.1) is 0 Å². The van der Waals surface area contributed by atoms with Crippen molar-refractivity contribution in [1.82, 2.24) is 0 Å². The molecule has 1 saturated carbocycles. The first-order valence-electron chi connectivity index (χ1n) is 7.33. The molecule has 0 aromatic heterocycles. The minimum absolute atomic E-state index is 0.654. The molecule has 18 heavy (non-hydrogen) atoms. The molecule has 0 aliphatic heterocycles. The van der Waals surface area contributed by atoms with Gasteiger partial charge >= 0.3 is 0 Å². The van der Waals surface area contributed by atoms with Gasteiger partial charge in [-0.25, -0.2) is 0 Å². The third-order valence-corrected chi connectivity index (χ3v) is 3.95. The van der Waals surface area contributed by atoms with Crippen LogP contribution in [0, 0.1) is 5.92 Å². The molecule has 2 heteroatoms. The average Bonchev–Trinajstić information content (AvgIpc) is 2.42. The Kier molecular flexibility index (Phi) is 4.91. The normalized spacial score (nSPS) is 23.7. The Labute approximate surface area is 111 Å². The largest absolute Gasteiger partial charge is 0.494 e. The van der Waals surface area contributed by atoms with Gasteiger partial charge in [-0.05, 0) is 49.9 Å². The zero-order chi connectivity index (χ0) is 12.8. The zero-order valence-corrected chi connectivity index (χ0v) is 11.6. The summed E-state index contributed by atoms with van der Waals surface area (Å²) in [6, 6.07) is 9.02. The van der Waals surface area contributed by atoms with Gasteiger partial charge in [0.1, 0.15) is 5.75 Å². The van der Waals surface area contributed by atoms with Gasteiger partial charge in [-0.1, -0.05) is 26.2 Å². The van der Waals surface area contributed by atoms with Crippen molar-refractivity contribution < 1.29 is 4.74 Å². The van der Waals surface area contributed by atoms with E-state index in [0.29, 0.717) is 6.04 Å². The van der Waals surface area contributed by atoms with Crippen molar-refractivity contribution in [3.63, 3.8) is 0 Å². The van der Waals surface area contributed by atoms with Gasteiger partial charge in [-0.2, -0.15) is 0 Å². The summed E-state index contributed by atoms with van der Waals surface area (Å²) in [4.78, 5) is 0. The van der Waals surface area contributed by atoms with Gasteiger partial charge in [0.2, 0.25) is 0 Å². The molecule has 1 aliphatic rings. The van der Waals surface area contributed by atoms with Gasteiger partial charge in [0.15, 0.2) is 0 Å². The second-order valence-corrected chi connectivity index (χ2v) is 5.16. The Morgan fingerprint density at radius 2 is 1.83 bits per heavy atom. The molecule has 2 unspecified atom stereocenters. The lowest BCUT2D eigenvalue weighted by Crippen LogP contribution is -2.31. The van der Waals surface area contributed by atoms with Crippen molar-refractivity contribution in [2.24, 2.45) is 5.92 Å². The van der Waals surface area contributed by atoms with Crippen LogP contribution < -0.4 is 10.1 Å². The molecule has 1 fully saturated rings. The summed E-state index contributed by atoms with van der Waals surface area (Å²) < 4.78 is 5.47. The summed E-state index contributed by atoms with van der Waals surface area (Å²) in [7, 11) is 0. The van der Waals surface area contributed by atoms with Crippen LogP contribution in [-0.4, -0.2) is 12.6 Å². The second kappa shape index (κ2) is 6.67. The minimum Gasteiger partial charge on any atom is -0.494 e. The molecule has 1 aliphatic carbocycles. The molecule has 100 valence electrons. The first-order valence-corrected chi connectivity index (χ1v) is 7.33. The molecule has 2 rings (SSSR count). The lowest BCUT2D eigenvalue weighted by Gasteiger charge is -2.32. The lowest BCUT2D eigenvalue weighted by molar-refractivity contribution is 0.317. The van der Waals surface area contributed by atoms with Crippen molar-refractivity contribution in [2.45, 2.75) is 52.0 Å². The van der Waals surface area contributed by atoms with E-state index < -0.39 is 0 Å². The average molecular weight is 247 g/mol. The van der Waals surface area contributed by atoms with Crippen molar-refractivity contribution in [2.75, 3.05) is 11.9 Å². The molecule has 0 heterocycles. The van der Waals surface area contributed by atoms with Crippen molar-refractivity contribution in [1.29, 1.82) is 0 Å². The summed E-state index contributed by atoms with van der Waals surface area (Å²) in [5.41, 5.74) is 1.23. The van der Waals surface area contributed by atoms with Crippen molar-refractivity contribution in [3.05, 3.63) is 24.3 Å². The summed E-state index contributed by atoms with van der Waals surface area (Å²) >= 11 is 0. The van der Waals surface area contributed by atoms with Crippen LogP contribution >= 0.6 is 0 Å². The maximum absolute atomic E-state index is 5.47. The number of anilines is 1. The van der Waals surface area contributed by atoms with Crippen LogP contribution in [0.15, 0.2) is 24.3 Å².